The van der Waals surface area contributed by atoms with E-state index in [1.165, 1.54) is 23.6 Å². The number of hydrogen-bond acceptors (Lipinski definition) is 0. The largest absolute Gasteiger partial charge is 0.0715 e. The minimum Gasteiger partial charge on any atom is -0.0651 e. The highest BCUT2D eigenvalue weighted by atomic mass is 28.1. The minimum atomic E-state index is 0.780. The molecular weight excluding hydrogens is 160 g/mol. The van der Waals surface area contributed by atoms with E-state index in [-0.39, 0.29) is 0 Å². The summed E-state index contributed by atoms with van der Waals surface area (Å²) in [5, 5.41) is 1.23. The maximum atomic E-state index is 3.60. The molecule has 0 aromatic heterocycles. The molecule has 0 spiro atoms. The van der Waals surface area contributed by atoms with Gasteiger partial charge in [0.05, 0.1) is 10.2 Å². The zero-order chi connectivity index (χ0) is 8.97. The zero-order valence-electron chi connectivity index (χ0n) is 7.80. The summed E-state index contributed by atoms with van der Waals surface area (Å²) < 4.78 is 0. The molecule has 1 atom stereocenters. The Morgan fingerprint density at radius 3 is 2.58 bits per heavy atom. The Balaban J connectivity index is 2.69. The summed E-state index contributed by atoms with van der Waals surface area (Å²) in [5.74, 6) is 0.780. The van der Waals surface area contributed by atoms with Crippen molar-refractivity contribution in [3.63, 3.8) is 0 Å². The number of rotatable bonds is 3. The second-order valence-electron chi connectivity index (χ2n) is 3.37. The molecule has 0 aliphatic rings. The molecule has 1 heteroatoms. The molecule has 0 heterocycles. The first-order valence-electron chi connectivity index (χ1n) is 4.53. The Labute approximate surface area is 78.4 Å². The third-order valence-electron chi connectivity index (χ3n) is 2.28. The monoisotopic (exact) mass is 175 g/mol. The summed E-state index contributed by atoms with van der Waals surface area (Å²) in [4.78, 5) is 0. The Morgan fingerprint density at radius 1 is 1.33 bits per heavy atom. The normalized spacial score (nSPS) is 12.9. The lowest BCUT2D eigenvalue weighted by Gasteiger charge is -2.10. The van der Waals surface area contributed by atoms with Crippen LogP contribution < -0.4 is 5.19 Å². The van der Waals surface area contributed by atoms with E-state index >= 15 is 0 Å². The molecule has 0 bridgehead atoms. The van der Waals surface area contributed by atoms with Crippen LogP contribution in [0.15, 0.2) is 24.3 Å². The van der Waals surface area contributed by atoms with E-state index in [0.29, 0.717) is 0 Å². The van der Waals surface area contributed by atoms with Crippen LogP contribution in [0.5, 0.6) is 0 Å². The molecule has 0 N–H and O–H groups in total. The van der Waals surface area contributed by atoms with Gasteiger partial charge >= 0.3 is 0 Å². The second kappa shape index (κ2) is 4.46. The van der Waals surface area contributed by atoms with Crippen LogP contribution in [0.1, 0.15) is 25.8 Å². The quantitative estimate of drug-likeness (QED) is 0.617. The van der Waals surface area contributed by atoms with Gasteiger partial charge in [-0.25, -0.2) is 0 Å². The van der Waals surface area contributed by atoms with E-state index < -0.39 is 0 Å². The van der Waals surface area contributed by atoms with Gasteiger partial charge in [-0.2, -0.15) is 0 Å². The molecule has 0 amide bonds. The molecule has 0 aliphatic carbocycles. The molecular formula is C11H15Si. The van der Waals surface area contributed by atoms with Crippen LogP contribution in [0.4, 0.5) is 0 Å². The molecule has 63 valence electrons. The lowest BCUT2D eigenvalue weighted by molar-refractivity contribution is 0.561. The van der Waals surface area contributed by atoms with Crippen molar-refractivity contribution >= 4 is 15.4 Å². The van der Waals surface area contributed by atoms with Gasteiger partial charge in [0.2, 0.25) is 0 Å². The molecule has 0 saturated heterocycles. The van der Waals surface area contributed by atoms with Crippen molar-refractivity contribution in [1.82, 2.24) is 0 Å². The topological polar surface area (TPSA) is 0 Å². The number of benzene rings is 1. The van der Waals surface area contributed by atoms with Gasteiger partial charge in [-0.15, -0.1) is 0 Å². The molecule has 0 nitrogen and oxygen atoms in total. The van der Waals surface area contributed by atoms with Crippen molar-refractivity contribution in [2.24, 2.45) is 5.92 Å². The van der Waals surface area contributed by atoms with E-state index in [4.69, 9.17) is 0 Å². The van der Waals surface area contributed by atoms with Gasteiger partial charge in [-0.05, 0) is 17.9 Å². The fourth-order valence-electron chi connectivity index (χ4n) is 1.22. The molecule has 1 aromatic carbocycles. The lowest BCUT2D eigenvalue weighted by atomic mass is 9.99. The van der Waals surface area contributed by atoms with Gasteiger partial charge in [0.1, 0.15) is 0 Å². The van der Waals surface area contributed by atoms with Gasteiger partial charge in [0, 0.05) is 0 Å². The zero-order valence-corrected chi connectivity index (χ0v) is 8.80. The molecule has 0 saturated carbocycles. The van der Waals surface area contributed by atoms with Gasteiger partial charge in [0.15, 0.2) is 0 Å². The van der Waals surface area contributed by atoms with Crippen LogP contribution in [-0.2, 0) is 6.42 Å². The average Bonchev–Trinajstić information content (AvgIpc) is 2.09. The van der Waals surface area contributed by atoms with Crippen molar-refractivity contribution in [2.45, 2.75) is 26.7 Å². The fraction of sp³-hybridized carbons (Fsp3) is 0.455. The first kappa shape index (κ1) is 9.52. The maximum Gasteiger partial charge on any atom is 0.0715 e. The highest BCUT2D eigenvalue weighted by molar-refractivity contribution is 6.33. The van der Waals surface area contributed by atoms with Crippen molar-refractivity contribution in [1.29, 1.82) is 0 Å². The van der Waals surface area contributed by atoms with E-state index in [1.54, 1.807) is 0 Å². The molecule has 0 fully saturated rings. The van der Waals surface area contributed by atoms with Crippen LogP contribution in [-0.4, -0.2) is 10.2 Å². The van der Waals surface area contributed by atoms with E-state index in [9.17, 15) is 0 Å². The van der Waals surface area contributed by atoms with Gasteiger partial charge < -0.3 is 0 Å². The summed E-state index contributed by atoms with van der Waals surface area (Å²) in [6.07, 6.45) is 2.43. The fourth-order valence-corrected chi connectivity index (χ4v) is 1.50. The van der Waals surface area contributed by atoms with Crippen LogP contribution >= 0.6 is 0 Å². The standard InChI is InChI=1S/C11H15Si/c1-3-9(2)8-10-6-4-5-7-11(10)12/h4-7,9H,3,8H2,1-2H3. The third kappa shape index (κ3) is 2.49. The minimum absolute atomic E-state index is 0.780. The first-order chi connectivity index (χ1) is 5.74. The highest BCUT2D eigenvalue weighted by Gasteiger charge is 2.02. The Bertz CT molecular complexity index is 243. The maximum absolute atomic E-state index is 3.60. The molecule has 1 unspecified atom stereocenters. The van der Waals surface area contributed by atoms with Gasteiger partial charge in [0.25, 0.3) is 0 Å². The van der Waals surface area contributed by atoms with Crippen molar-refractivity contribution in [3.05, 3.63) is 29.8 Å². The average molecular weight is 175 g/mol. The van der Waals surface area contributed by atoms with E-state index in [1.807, 2.05) is 0 Å². The molecule has 12 heavy (non-hydrogen) atoms. The van der Waals surface area contributed by atoms with Crippen molar-refractivity contribution in [2.75, 3.05) is 0 Å². The third-order valence-corrected chi connectivity index (χ3v) is 2.77. The van der Waals surface area contributed by atoms with Crippen molar-refractivity contribution in [3.8, 4) is 0 Å². The summed E-state index contributed by atoms with van der Waals surface area (Å²) in [6, 6.07) is 8.45. The highest BCUT2D eigenvalue weighted by Crippen LogP contribution is 2.08. The number of hydrogen-bond donors (Lipinski definition) is 0. The second-order valence-corrected chi connectivity index (χ2v) is 3.91. The van der Waals surface area contributed by atoms with Crippen LogP contribution in [0.3, 0.4) is 0 Å². The van der Waals surface area contributed by atoms with Crippen LogP contribution in [0.2, 0.25) is 0 Å². The van der Waals surface area contributed by atoms with E-state index in [0.717, 1.165) is 5.92 Å². The summed E-state index contributed by atoms with van der Waals surface area (Å²) in [6.45, 7) is 4.53. The van der Waals surface area contributed by atoms with Crippen LogP contribution in [0, 0.1) is 5.92 Å². The molecule has 0 aliphatic heterocycles. The van der Waals surface area contributed by atoms with Gasteiger partial charge in [-0.1, -0.05) is 49.7 Å². The Morgan fingerprint density at radius 2 is 2.00 bits per heavy atom. The molecule has 1 aromatic rings. The Hall–Kier alpha value is -0.563. The molecule has 1 rings (SSSR count). The van der Waals surface area contributed by atoms with Gasteiger partial charge in [-0.3, -0.25) is 0 Å². The summed E-state index contributed by atoms with van der Waals surface area (Å²) in [7, 11) is 3.60. The smallest absolute Gasteiger partial charge is 0.0651 e. The van der Waals surface area contributed by atoms with Crippen molar-refractivity contribution < 1.29 is 0 Å². The summed E-state index contributed by atoms with van der Waals surface area (Å²) >= 11 is 0. The summed E-state index contributed by atoms with van der Waals surface area (Å²) in [5.41, 5.74) is 1.42. The van der Waals surface area contributed by atoms with E-state index in [2.05, 4.69) is 48.4 Å². The predicted octanol–water partition coefficient (Wildman–Crippen LogP) is 2.07. The Kier molecular flexibility index (Phi) is 3.54. The van der Waals surface area contributed by atoms with Crippen LogP contribution in [0.25, 0.3) is 0 Å². The lowest BCUT2D eigenvalue weighted by Crippen LogP contribution is -2.12. The predicted molar refractivity (Wildman–Crippen MR) is 55.0 cm³/mol. The first-order valence-corrected chi connectivity index (χ1v) is 5.03. The SMILES string of the molecule is CCC(C)Cc1ccccc1[Si]. The molecule has 3 radical (unpaired) electrons.